The van der Waals surface area contributed by atoms with E-state index in [0.29, 0.717) is 40.8 Å². The Bertz CT molecular complexity index is 876. The number of halogens is 1. The van der Waals surface area contributed by atoms with Crippen LogP contribution in [0.4, 0.5) is 5.69 Å². The molecule has 0 aliphatic carbocycles. The monoisotopic (exact) mass is 433 g/mol. The van der Waals surface area contributed by atoms with Gasteiger partial charge in [0.2, 0.25) is 0 Å². The molecule has 3 N–H and O–H groups in total. The highest BCUT2D eigenvalue weighted by atomic mass is 35.5. The molecule has 7 nitrogen and oxygen atoms in total. The Morgan fingerprint density at radius 2 is 1.70 bits per heavy atom. The maximum Gasteiger partial charge on any atom is 0.255 e. The molecule has 30 heavy (non-hydrogen) atoms. The molecule has 162 valence electrons. The van der Waals surface area contributed by atoms with Gasteiger partial charge in [0, 0.05) is 24.2 Å². The molecule has 0 saturated carbocycles. The first-order valence-electron chi connectivity index (χ1n) is 9.67. The molecular weight excluding hydrogens is 406 g/mol. The molecule has 1 aliphatic heterocycles. The van der Waals surface area contributed by atoms with Crippen LogP contribution in [0, 0.1) is 5.92 Å². The Kier molecular flexibility index (Phi) is 8.50. The van der Waals surface area contributed by atoms with E-state index in [4.69, 9.17) is 9.47 Å². The summed E-state index contributed by atoms with van der Waals surface area (Å²) in [5, 5.41) is 9.21. The van der Waals surface area contributed by atoms with Crippen molar-refractivity contribution in [3.8, 4) is 11.5 Å². The highest BCUT2D eigenvalue weighted by Crippen LogP contribution is 2.34. The molecule has 2 aromatic rings. The predicted molar refractivity (Wildman–Crippen MR) is 119 cm³/mol. The average Bonchev–Trinajstić information content (AvgIpc) is 2.75. The van der Waals surface area contributed by atoms with E-state index in [-0.39, 0.29) is 30.3 Å². The van der Waals surface area contributed by atoms with Crippen LogP contribution in [0.5, 0.6) is 11.5 Å². The summed E-state index contributed by atoms with van der Waals surface area (Å²) in [6.45, 7) is 3.78. The van der Waals surface area contributed by atoms with Gasteiger partial charge in [-0.15, -0.1) is 12.4 Å². The molecule has 1 saturated heterocycles. The second-order valence-electron chi connectivity index (χ2n) is 7.12. The first kappa shape index (κ1) is 23.5. The summed E-state index contributed by atoms with van der Waals surface area (Å²) in [6, 6.07) is 12.1. The van der Waals surface area contributed by atoms with Crippen LogP contribution in [0.1, 0.15) is 34.1 Å². The third kappa shape index (κ3) is 5.43. The molecule has 0 spiro atoms. The van der Waals surface area contributed by atoms with Crippen LogP contribution in [-0.4, -0.2) is 45.2 Å². The van der Waals surface area contributed by atoms with Crippen LogP contribution in [0.15, 0.2) is 42.5 Å². The van der Waals surface area contributed by atoms with Gasteiger partial charge < -0.3 is 25.4 Å². The molecule has 1 fully saturated rings. The van der Waals surface area contributed by atoms with E-state index < -0.39 is 0 Å². The zero-order valence-electron chi connectivity index (χ0n) is 17.4. The summed E-state index contributed by atoms with van der Waals surface area (Å²) >= 11 is 0. The molecule has 8 heteroatoms. The molecule has 1 heterocycles. The summed E-state index contributed by atoms with van der Waals surface area (Å²) < 4.78 is 10.7. The van der Waals surface area contributed by atoms with Gasteiger partial charge in [0.05, 0.1) is 25.5 Å². The zero-order valence-corrected chi connectivity index (χ0v) is 18.2. The molecule has 1 aliphatic rings. The predicted octanol–water partition coefficient (Wildman–Crippen LogP) is 3.11. The molecule has 2 aromatic carbocycles. The number of methoxy groups -OCH3 is 2. The number of benzene rings is 2. The Morgan fingerprint density at radius 3 is 2.33 bits per heavy atom. The van der Waals surface area contributed by atoms with Crippen LogP contribution in [0.3, 0.4) is 0 Å². The van der Waals surface area contributed by atoms with Crippen LogP contribution in [0.2, 0.25) is 0 Å². The summed E-state index contributed by atoms with van der Waals surface area (Å²) in [4.78, 5) is 25.7. The number of rotatable bonds is 6. The molecule has 0 aromatic heterocycles. The number of amides is 2. The lowest BCUT2D eigenvalue weighted by Gasteiger charge is -2.30. The van der Waals surface area contributed by atoms with Crippen LogP contribution < -0.4 is 25.4 Å². The minimum absolute atomic E-state index is 0. The van der Waals surface area contributed by atoms with Crippen molar-refractivity contribution in [3.63, 3.8) is 0 Å². The lowest BCUT2D eigenvalue weighted by molar-refractivity contribution is 0.0915. The summed E-state index contributed by atoms with van der Waals surface area (Å²) in [5.41, 5.74) is 1.19. The molecule has 2 atom stereocenters. The molecule has 3 rings (SSSR count). The van der Waals surface area contributed by atoms with Gasteiger partial charge in [0.1, 0.15) is 0 Å². The van der Waals surface area contributed by atoms with E-state index in [0.717, 1.165) is 13.0 Å². The van der Waals surface area contributed by atoms with Gasteiger partial charge in [0.15, 0.2) is 11.5 Å². The van der Waals surface area contributed by atoms with Crippen molar-refractivity contribution in [3.05, 3.63) is 53.6 Å². The van der Waals surface area contributed by atoms with Gasteiger partial charge in [-0.1, -0.05) is 25.1 Å². The summed E-state index contributed by atoms with van der Waals surface area (Å²) in [7, 11) is 3.02. The second kappa shape index (κ2) is 10.8. The van der Waals surface area contributed by atoms with Gasteiger partial charge in [-0.05, 0) is 37.1 Å². The van der Waals surface area contributed by atoms with Gasteiger partial charge in [-0.3, -0.25) is 9.59 Å². The fourth-order valence-electron chi connectivity index (χ4n) is 3.38. The van der Waals surface area contributed by atoms with Crippen molar-refractivity contribution < 1.29 is 19.1 Å². The van der Waals surface area contributed by atoms with Crippen molar-refractivity contribution in [2.45, 2.75) is 19.4 Å². The quantitative estimate of drug-likeness (QED) is 0.651. The molecule has 2 amide bonds. The van der Waals surface area contributed by atoms with Crippen LogP contribution >= 0.6 is 12.4 Å². The Labute approximate surface area is 182 Å². The van der Waals surface area contributed by atoms with E-state index in [9.17, 15) is 9.59 Å². The Hall–Kier alpha value is -2.77. The molecule has 0 radical (unpaired) electrons. The van der Waals surface area contributed by atoms with Gasteiger partial charge >= 0.3 is 0 Å². The Balaban J connectivity index is 0.00000320. The number of piperidine rings is 1. The lowest BCUT2D eigenvalue weighted by Crippen LogP contribution is -2.50. The number of nitrogens with one attached hydrogen (secondary N) is 3. The topological polar surface area (TPSA) is 88.7 Å². The highest BCUT2D eigenvalue weighted by Gasteiger charge is 2.25. The van der Waals surface area contributed by atoms with Crippen molar-refractivity contribution in [2.24, 2.45) is 5.92 Å². The van der Waals surface area contributed by atoms with Crippen molar-refractivity contribution in [2.75, 3.05) is 32.6 Å². The summed E-state index contributed by atoms with van der Waals surface area (Å²) in [6.07, 6.45) is 0.995. The third-order valence-electron chi connectivity index (χ3n) is 5.20. The van der Waals surface area contributed by atoms with Gasteiger partial charge in [0.25, 0.3) is 11.8 Å². The molecule has 2 unspecified atom stereocenters. The van der Waals surface area contributed by atoms with E-state index in [1.165, 1.54) is 14.2 Å². The number of hydrogen-bond acceptors (Lipinski definition) is 5. The van der Waals surface area contributed by atoms with Gasteiger partial charge in [-0.2, -0.15) is 0 Å². The third-order valence-corrected chi connectivity index (χ3v) is 5.20. The van der Waals surface area contributed by atoms with Crippen LogP contribution in [0.25, 0.3) is 0 Å². The van der Waals surface area contributed by atoms with Crippen molar-refractivity contribution in [1.82, 2.24) is 10.6 Å². The van der Waals surface area contributed by atoms with Crippen molar-refractivity contribution >= 4 is 29.9 Å². The SMILES string of the molecule is COc1cc(NC(=O)c2ccccc2)c(C(=O)NC2CNCCC2C)cc1OC.Cl. The number of carbonyl (C=O) groups is 2. The van der Waals surface area contributed by atoms with Gasteiger partial charge in [-0.25, -0.2) is 0 Å². The fraction of sp³-hybridized carbons (Fsp3) is 0.364. The van der Waals surface area contributed by atoms with E-state index in [1.54, 1.807) is 36.4 Å². The highest BCUT2D eigenvalue weighted by molar-refractivity contribution is 6.09. The van der Waals surface area contributed by atoms with E-state index in [2.05, 4.69) is 22.9 Å². The zero-order chi connectivity index (χ0) is 20.8. The smallest absolute Gasteiger partial charge is 0.255 e. The van der Waals surface area contributed by atoms with E-state index >= 15 is 0 Å². The average molecular weight is 434 g/mol. The normalized spacial score (nSPS) is 18.0. The lowest BCUT2D eigenvalue weighted by atomic mass is 9.94. The maximum absolute atomic E-state index is 13.1. The fourth-order valence-corrected chi connectivity index (χ4v) is 3.38. The molecular formula is C22H28ClN3O4. The number of carbonyl (C=O) groups excluding carboxylic acids is 2. The summed E-state index contributed by atoms with van der Waals surface area (Å²) in [5.74, 6) is 0.641. The number of hydrogen-bond donors (Lipinski definition) is 3. The molecule has 0 bridgehead atoms. The van der Waals surface area contributed by atoms with Crippen molar-refractivity contribution in [1.29, 1.82) is 0 Å². The Morgan fingerprint density at radius 1 is 1.03 bits per heavy atom. The number of ether oxygens (including phenoxy) is 2. The largest absolute Gasteiger partial charge is 0.493 e. The first-order chi connectivity index (χ1) is 14.0. The second-order valence-corrected chi connectivity index (χ2v) is 7.12. The minimum Gasteiger partial charge on any atom is -0.493 e. The first-order valence-corrected chi connectivity index (χ1v) is 9.67. The minimum atomic E-state index is -0.306. The standard InChI is InChI=1S/C22H27N3O4.ClH/c1-14-9-10-23-13-18(14)25-22(27)16-11-19(28-2)20(29-3)12-17(16)24-21(26)15-7-5-4-6-8-15;/h4-8,11-12,14,18,23H,9-10,13H2,1-3H3,(H,24,26)(H,25,27);1H. The van der Waals surface area contributed by atoms with E-state index in [1.807, 2.05) is 6.07 Å². The maximum atomic E-state index is 13.1. The number of anilines is 1. The van der Waals surface area contributed by atoms with Crippen LogP contribution in [-0.2, 0) is 0 Å².